The smallest absolute Gasteiger partial charge is 0.239 e. The van der Waals surface area contributed by atoms with Gasteiger partial charge in [0.2, 0.25) is 5.88 Å². The van der Waals surface area contributed by atoms with Crippen molar-refractivity contribution in [2.24, 2.45) is 11.8 Å². The van der Waals surface area contributed by atoms with E-state index < -0.39 is 0 Å². The molecule has 0 bridgehead atoms. The van der Waals surface area contributed by atoms with Gasteiger partial charge < -0.3 is 15.0 Å². The van der Waals surface area contributed by atoms with Crippen molar-refractivity contribution in [2.75, 3.05) is 31.4 Å². The van der Waals surface area contributed by atoms with Crippen molar-refractivity contribution in [3.8, 4) is 5.88 Å². The Labute approximate surface area is 122 Å². The number of hydrogen-bond donors (Lipinski definition) is 1. The summed E-state index contributed by atoms with van der Waals surface area (Å²) in [5.41, 5.74) is 2.15. The minimum atomic E-state index is 0.503. The fourth-order valence-electron chi connectivity index (χ4n) is 3.16. The van der Waals surface area contributed by atoms with Gasteiger partial charge in [0.1, 0.15) is 5.69 Å². The third kappa shape index (κ3) is 3.17. The molecule has 3 unspecified atom stereocenters. The quantitative estimate of drug-likeness (QED) is 0.915. The van der Waals surface area contributed by atoms with Crippen molar-refractivity contribution in [3.05, 3.63) is 12.3 Å². The Morgan fingerprint density at radius 2 is 2.05 bits per heavy atom. The Balaban J connectivity index is 2.23. The van der Waals surface area contributed by atoms with Crippen LogP contribution in [0.4, 0.5) is 11.4 Å². The Kier molecular flexibility index (Phi) is 4.73. The lowest BCUT2D eigenvalue weighted by Crippen LogP contribution is -2.33. The summed E-state index contributed by atoms with van der Waals surface area (Å²) in [6, 6.07) is 2.53. The molecule has 1 heterocycles. The van der Waals surface area contributed by atoms with Crippen LogP contribution in [-0.2, 0) is 0 Å². The highest BCUT2D eigenvalue weighted by Crippen LogP contribution is 2.37. The topological polar surface area (TPSA) is 37.4 Å². The monoisotopic (exact) mass is 277 g/mol. The van der Waals surface area contributed by atoms with Gasteiger partial charge in [0.15, 0.2) is 0 Å². The molecule has 1 aliphatic rings. The summed E-state index contributed by atoms with van der Waals surface area (Å²) in [6.45, 7) is 4.69. The lowest BCUT2D eigenvalue weighted by molar-refractivity contribution is 0.276. The number of rotatable bonds is 4. The normalized spacial score (nSPS) is 26.1. The summed E-state index contributed by atoms with van der Waals surface area (Å²) in [7, 11) is 5.78. The van der Waals surface area contributed by atoms with Gasteiger partial charge in [0.05, 0.1) is 12.8 Å². The molecule has 0 aliphatic heterocycles. The van der Waals surface area contributed by atoms with Gasteiger partial charge in [-0.15, -0.1) is 0 Å². The van der Waals surface area contributed by atoms with Gasteiger partial charge in [-0.1, -0.05) is 13.8 Å². The summed E-state index contributed by atoms with van der Waals surface area (Å²) < 4.78 is 5.43. The molecule has 1 fully saturated rings. The van der Waals surface area contributed by atoms with Crippen LogP contribution in [0.1, 0.15) is 33.1 Å². The third-order valence-electron chi connectivity index (χ3n) is 4.33. The van der Waals surface area contributed by atoms with Gasteiger partial charge in [-0.25, -0.2) is 4.98 Å². The molecule has 4 heteroatoms. The molecule has 0 saturated heterocycles. The van der Waals surface area contributed by atoms with Crippen LogP contribution in [0.3, 0.4) is 0 Å². The molecule has 4 nitrogen and oxygen atoms in total. The van der Waals surface area contributed by atoms with Gasteiger partial charge >= 0.3 is 0 Å². The van der Waals surface area contributed by atoms with Gasteiger partial charge in [-0.2, -0.15) is 0 Å². The van der Waals surface area contributed by atoms with E-state index >= 15 is 0 Å². The summed E-state index contributed by atoms with van der Waals surface area (Å²) in [4.78, 5) is 6.43. The van der Waals surface area contributed by atoms with Crippen LogP contribution >= 0.6 is 0 Å². The van der Waals surface area contributed by atoms with Gasteiger partial charge in [0.25, 0.3) is 0 Å². The molecule has 112 valence electrons. The van der Waals surface area contributed by atoms with Crippen molar-refractivity contribution >= 4 is 11.4 Å². The van der Waals surface area contributed by atoms with Crippen molar-refractivity contribution in [3.63, 3.8) is 0 Å². The molecule has 1 saturated carbocycles. The number of pyridine rings is 1. The molecule has 0 spiro atoms. The summed E-state index contributed by atoms with van der Waals surface area (Å²) >= 11 is 0. The Hall–Kier alpha value is -1.45. The Morgan fingerprint density at radius 3 is 2.65 bits per heavy atom. The highest BCUT2D eigenvalue weighted by atomic mass is 16.5. The lowest BCUT2D eigenvalue weighted by Gasteiger charge is -2.35. The number of nitrogens with zero attached hydrogens (tertiary/aromatic N) is 2. The first-order chi connectivity index (χ1) is 9.52. The van der Waals surface area contributed by atoms with Gasteiger partial charge in [-0.3, -0.25) is 0 Å². The molecule has 1 aromatic rings. The van der Waals surface area contributed by atoms with Gasteiger partial charge in [0, 0.05) is 26.3 Å². The van der Waals surface area contributed by atoms with Crippen LogP contribution in [-0.4, -0.2) is 32.2 Å². The van der Waals surface area contributed by atoms with E-state index in [4.69, 9.17) is 4.74 Å². The molecule has 0 amide bonds. The first-order valence-corrected chi connectivity index (χ1v) is 7.49. The van der Waals surface area contributed by atoms with Crippen LogP contribution in [0.5, 0.6) is 5.88 Å². The molecule has 20 heavy (non-hydrogen) atoms. The number of hydrogen-bond acceptors (Lipinski definition) is 4. The molecule has 0 aromatic carbocycles. The van der Waals surface area contributed by atoms with E-state index in [1.807, 2.05) is 20.2 Å². The largest absolute Gasteiger partial charge is 0.479 e. The van der Waals surface area contributed by atoms with Crippen LogP contribution < -0.4 is 15.0 Å². The predicted molar refractivity (Wildman–Crippen MR) is 84.7 cm³/mol. The second-order valence-electron chi connectivity index (χ2n) is 6.26. The standard InChI is InChI=1S/C16H27N3O/c1-11-6-7-13(12(2)10-11)18-15-14(19(3)4)8-9-17-16(15)20-5/h8-9,11-13,18H,6-7,10H2,1-5H3. The number of nitrogens with one attached hydrogen (secondary N) is 1. The zero-order valence-electron chi connectivity index (χ0n) is 13.3. The Bertz CT molecular complexity index is 447. The SMILES string of the molecule is COc1nccc(N(C)C)c1NC1CCC(C)CC1C. The molecule has 2 rings (SSSR count). The summed E-state index contributed by atoms with van der Waals surface area (Å²) in [5.74, 6) is 2.20. The second-order valence-corrected chi connectivity index (χ2v) is 6.26. The predicted octanol–water partition coefficient (Wildman–Crippen LogP) is 3.39. The first-order valence-electron chi connectivity index (χ1n) is 7.49. The minimum absolute atomic E-state index is 0.503. The molecule has 1 N–H and O–H groups in total. The van der Waals surface area contributed by atoms with E-state index in [2.05, 4.69) is 29.0 Å². The number of aromatic nitrogens is 1. The fourth-order valence-corrected chi connectivity index (χ4v) is 3.16. The van der Waals surface area contributed by atoms with Crippen LogP contribution in [0.2, 0.25) is 0 Å². The van der Waals surface area contributed by atoms with E-state index in [9.17, 15) is 0 Å². The highest BCUT2D eigenvalue weighted by Gasteiger charge is 2.27. The first kappa shape index (κ1) is 14.9. The zero-order chi connectivity index (χ0) is 14.7. The van der Waals surface area contributed by atoms with Crippen LogP contribution in [0.15, 0.2) is 12.3 Å². The maximum Gasteiger partial charge on any atom is 0.239 e. The third-order valence-corrected chi connectivity index (χ3v) is 4.33. The summed E-state index contributed by atoms with van der Waals surface area (Å²) in [6.07, 6.45) is 5.60. The molecule has 3 atom stereocenters. The Morgan fingerprint density at radius 1 is 1.30 bits per heavy atom. The molecule has 0 radical (unpaired) electrons. The van der Waals surface area contributed by atoms with E-state index in [1.165, 1.54) is 19.3 Å². The minimum Gasteiger partial charge on any atom is -0.479 e. The van der Waals surface area contributed by atoms with Crippen molar-refractivity contribution in [1.82, 2.24) is 4.98 Å². The maximum atomic E-state index is 5.43. The highest BCUT2D eigenvalue weighted by molar-refractivity contribution is 5.74. The van der Waals surface area contributed by atoms with E-state index in [0.29, 0.717) is 17.8 Å². The average Bonchev–Trinajstić information content (AvgIpc) is 2.41. The number of anilines is 2. The lowest BCUT2D eigenvalue weighted by atomic mass is 9.80. The van der Waals surface area contributed by atoms with Crippen molar-refractivity contribution in [1.29, 1.82) is 0 Å². The van der Waals surface area contributed by atoms with Gasteiger partial charge in [-0.05, 0) is 37.2 Å². The van der Waals surface area contributed by atoms with Crippen molar-refractivity contribution < 1.29 is 4.74 Å². The molecule has 1 aliphatic carbocycles. The van der Waals surface area contributed by atoms with Crippen LogP contribution in [0, 0.1) is 11.8 Å². The van der Waals surface area contributed by atoms with E-state index in [1.54, 1.807) is 13.3 Å². The molecule has 1 aromatic heterocycles. The second kappa shape index (κ2) is 6.33. The van der Waals surface area contributed by atoms with E-state index in [-0.39, 0.29) is 0 Å². The average molecular weight is 277 g/mol. The maximum absolute atomic E-state index is 5.43. The zero-order valence-corrected chi connectivity index (χ0v) is 13.3. The van der Waals surface area contributed by atoms with Crippen LogP contribution in [0.25, 0.3) is 0 Å². The number of methoxy groups -OCH3 is 1. The number of ether oxygens (including phenoxy) is 1. The summed E-state index contributed by atoms with van der Waals surface area (Å²) in [5, 5.41) is 3.69. The molecular weight excluding hydrogens is 250 g/mol. The molecular formula is C16H27N3O. The van der Waals surface area contributed by atoms with Crippen molar-refractivity contribution in [2.45, 2.75) is 39.2 Å². The fraction of sp³-hybridized carbons (Fsp3) is 0.688. The van der Waals surface area contributed by atoms with E-state index in [0.717, 1.165) is 17.3 Å².